The van der Waals surface area contributed by atoms with E-state index in [4.69, 9.17) is 11.6 Å². The molecule has 35 heavy (non-hydrogen) atoms. The van der Waals surface area contributed by atoms with E-state index in [0.29, 0.717) is 11.1 Å². The zero-order valence-corrected chi connectivity index (χ0v) is 19.1. The first-order chi connectivity index (χ1) is 16.9. The molecule has 0 amide bonds. The van der Waals surface area contributed by atoms with Gasteiger partial charge in [0.15, 0.2) is 11.2 Å². The van der Waals surface area contributed by atoms with Gasteiger partial charge in [0.1, 0.15) is 11.6 Å². The van der Waals surface area contributed by atoms with Crippen LogP contribution in [0.25, 0.3) is 11.2 Å². The highest BCUT2D eigenvalue weighted by molar-refractivity contribution is 6.29. The van der Waals surface area contributed by atoms with Gasteiger partial charge in [-0.2, -0.15) is 4.98 Å². The number of halogens is 3. The van der Waals surface area contributed by atoms with Crippen molar-refractivity contribution < 1.29 is 8.78 Å². The summed E-state index contributed by atoms with van der Waals surface area (Å²) in [6.07, 6.45) is 0. The number of benzene rings is 3. The Labute approximate surface area is 203 Å². The number of hydrogen-bond acceptors (Lipinski definition) is 3. The molecular weight excluding hydrogens is 474 g/mol. The molecular formula is C26H19ClF2N4O2. The summed E-state index contributed by atoms with van der Waals surface area (Å²) in [4.78, 5) is 31.4. The summed E-state index contributed by atoms with van der Waals surface area (Å²) in [5.74, 6) is -0.929. The average Bonchev–Trinajstić information content (AvgIpc) is 3.16. The first-order valence-corrected chi connectivity index (χ1v) is 11.2. The van der Waals surface area contributed by atoms with Crippen molar-refractivity contribution in [1.82, 2.24) is 18.7 Å². The largest absolute Gasteiger partial charge is 0.333 e. The molecule has 2 aromatic heterocycles. The fourth-order valence-electron chi connectivity index (χ4n) is 4.09. The number of imidazole rings is 1. The highest BCUT2D eigenvalue weighted by atomic mass is 35.5. The monoisotopic (exact) mass is 492 g/mol. The van der Waals surface area contributed by atoms with Crippen LogP contribution >= 0.6 is 11.6 Å². The lowest BCUT2D eigenvalue weighted by Gasteiger charge is -2.13. The molecule has 0 aliphatic carbocycles. The van der Waals surface area contributed by atoms with Crippen molar-refractivity contribution in [2.45, 2.75) is 19.6 Å². The normalized spacial score (nSPS) is 11.3. The van der Waals surface area contributed by atoms with E-state index in [1.807, 2.05) is 30.3 Å². The van der Waals surface area contributed by atoms with E-state index < -0.39 is 22.9 Å². The average molecular weight is 493 g/mol. The lowest BCUT2D eigenvalue weighted by molar-refractivity contribution is 0.605. The van der Waals surface area contributed by atoms with Gasteiger partial charge in [-0.05, 0) is 52.6 Å². The maximum atomic E-state index is 13.8. The predicted octanol–water partition coefficient (Wildman–Crippen LogP) is 4.44. The molecule has 0 N–H and O–H groups in total. The maximum absolute atomic E-state index is 13.8. The topological polar surface area (TPSA) is 61.8 Å². The highest BCUT2D eigenvalue weighted by Gasteiger charge is 2.22. The Bertz CT molecular complexity index is 1660. The van der Waals surface area contributed by atoms with Crippen molar-refractivity contribution in [3.05, 3.63) is 133 Å². The minimum Gasteiger partial charge on any atom is -0.304 e. The van der Waals surface area contributed by atoms with Crippen molar-refractivity contribution in [2.75, 3.05) is 0 Å². The summed E-state index contributed by atoms with van der Waals surface area (Å²) in [5.41, 5.74) is 0.816. The van der Waals surface area contributed by atoms with Crippen LogP contribution in [0.1, 0.15) is 16.7 Å². The molecule has 176 valence electrons. The Morgan fingerprint density at radius 2 is 1.23 bits per heavy atom. The van der Waals surface area contributed by atoms with E-state index in [0.717, 1.165) is 10.1 Å². The molecule has 0 saturated heterocycles. The van der Waals surface area contributed by atoms with Crippen LogP contribution in [0.4, 0.5) is 8.78 Å². The molecule has 0 bridgehead atoms. The molecule has 0 fully saturated rings. The quantitative estimate of drug-likeness (QED) is 0.329. The van der Waals surface area contributed by atoms with Gasteiger partial charge < -0.3 is 4.57 Å². The van der Waals surface area contributed by atoms with Crippen LogP contribution in [-0.4, -0.2) is 18.7 Å². The second-order valence-corrected chi connectivity index (χ2v) is 8.48. The van der Waals surface area contributed by atoms with Crippen LogP contribution < -0.4 is 11.2 Å². The number of nitrogens with zero attached hydrogens (tertiary/aromatic N) is 4. The van der Waals surface area contributed by atoms with Crippen LogP contribution in [0.15, 0.2) is 88.5 Å². The Hall–Kier alpha value is -4.04. The fraction of sp³-hybridized carbons (Fsp3) is 0.115. The number of fused-ring (bicyclic) bond motifs is 1. The summed E-state index contributed by atoms with van der Waals surface area (Å²) < 4.78 is 31.5. The summed E-state index contributed by atoms with van der Waals surface area (Å²) in [6.45, 7) is 0.0708. The van der Waals surface area contributed by atoms with Gasteiger partial charge in [-0.3, -0.25) is 13.9 Å². The van der Waals surface area contributed by atoms with Crippen molar-refractivity contribution in [1.29, 1.82) is 0 Å². The van der Waals surface area contributed by atoms with Gasteiger partial charge in [0.2, 0.25) is 5.28 Å². The summed E-state index contributed by atoms with van der Waals surface area (Å²) in [7, 11) is 0. The van der Waals surface area contributed by atoms with Gasteiger partial charge >= 0.3 is 5.69 Å². The predicted molar refractivity (Wildman–Crippen MR) is 130 cm³/mol. The molecule has 5 rings (SSSR count). The first-order valence-electron chi connectivity index (χ1n) is 10.8. The van der Waals surface area contributed by atoms with Crippen molar-refractivity contribution >= 4 is 22.8 Å². The SMILES string of the molecule is O=c1c2c(nc(Cl)n2Cc2ccccc2)n(Cc2cccc(F)c2)c(=O)n1Cc1cccc(F)c1. The van der Waals surface area contributed by atoms with Crippen LogP contribution in [0.5, 0.6) is 0 Å². The molecule has 0 aliphatic heterocycles. The van der Waals surface area contributed by atoms with Gasteiger partial charge in [-0.1, -0.05) is 54.6 Å². The summed E-state index contributed by atoms with van der Waals surface area (Å²) in [6, 6.07) is 20.9. The molecule has 5 aromatic rings. The Kier molecular flexibility index (Phi) is 6.05. The van der Waals surface area contributed by atoms with E-state index in [9.17, 15) is 18.4 Å². The second kappa shape index (κ2) is 9.31. The summed E-state index contributed by atoms with van der Waals surface area (Å²) >= 11 is 6.45. The molecule has 0 unspecified atom stereocenters. The molecule has 0 aliphatic rings. The first kappa shape index (κ1) is 22.7. The molecule has 2 heterocycles. The van der Waals surface area contributed by atoms with Gasteiger partial charge in [0, 0.05) is 0 Å². The minimum absolute atomic E-state index is 0.0325. The van der Waals surface area contributed by atoms with Gasteiger partial charge in [-0.15, -0.1) is 0 Å². The minimum atomic E-state index is -0.656. The van der Waals surface area contributed by atoms with E-state index in [-0.39, 0.29) is 36.1 Å². The Balaban J connectivity index is 1.74. The van der Waals surface area contributed by atoms with Gasteiger partial charge in [0.05, 0.1) is 19.6 Å². The van der Waals surface area contributed by atoms with Crippen LogP contribution in [-0.2, 0) is 19.6 Å². The van der Waals surface area contributed by atoms with E-state index in [2.05, 4.69) is 4.98 Å². The van der Waals surface area contributed by atoms with Crippen LogP contribution in [0.2, 0.25) is 5.28 Å². The van der Waals surface area contributed by atoms with Crippen LogP contribution in [0.3, 0.4) is 0 Å². The lowest BCUT2D eigenvalue weighted by atomic mass is 10.2. The van der Waals surface area contributed by atoms with E-state index >= 15 is 0 Å². The Morgan fingerprint density at radius 3 is 1.83 bits per heavy atom. The molecule has 0 radical (unpaired) electrons. The van der Waals surface area contributed by atoms with Crippen LogP contribution in [0, 0.1) is 11.6 Å². The summed E-state index contributed by atoms with van der Waals surface area (Å²) in [5, 5.41) is 0.0388. The zero-order chi connectivity index (χ0) is 24.5. The molecule has 0 atom stereocenters. The van der Waals surface area contributed by atoms with Gasteiger partial charge in [-0.25, -0.2) is 13.6 Å². The van der Waals surface area contributed by atoms with Crippen molar-refractivity contribution in [3.8, 4) is 0 Å². The smallest absolute Gasteiger partial charge is 0.304 e. The molecule has 3 aromatic carbocycles. The number of hydrogen-bond donors (Lipinski definition) is 0. The maximum Gasteiger partial charge on any atom is 0.333 e. The van der Waals surface area contributed by atoms with Gasteiger partial charge in [0.25, 0.3) is 5.56 Å². The molecule has 9 heteroatoms. The third-order valence-electron chi connectivity index (χ3n) is 5.71. The van der Waals surface area contributed by atoms with Crippen molar-refractivity contribution in [3.63, 3.8) is 0 Å². The molecule has 0 saturated carbocycles. The highest BCUT2D eigenvalue weighted by Crippen LogP contribution is 2.19. The van der Waals surface area contributed by atoms with Crippen molar-refractivity contribution in [2.24, 2.45) is 0 Å². The number of rotatable bonds is 6. The third kappa shape index (κ3) is 4.52. The zero-order valence-electron chi connectivity index (χ0n) is 18.4. The van der Waals surface area contributed by atoms with E-state index in [1.165, 1.54) is 45.5 Å². The molecule has 0 spiro atoms. The Morgan fingerprint density at radius 1 is 0.686 bits per heavy atom. The van der Waals surface area contributed by atoms with E-state index in [1.54, 1.807) is 12.1 Å². The lowest BCUT2D eigenvalue weighted by Crippen LogP contribution is -2.41. The number of aromatic nitrogens is 4. The second-order valence-electron chi connectivity index (χ2n) is 8.14. The molecule has 6 nitrogen and oxygen atoms in total. The third-order valence-corrected chi connectivity index (χ3v) is 6.00. The standard InChI is InChI=1S/C26H19ClF2N4O2/c27-25-30-23-22(31(25)14-17-6-2-1-3-7-17)24(34)33(16-19-9-5-11-21(29)13-19)26(35)32(23)15-18-8-4-10-20(28)12-18/h1-13H,14-16H2. The fourth-order valence-corrected chi connectivity index (χ4v) is 4.32.